The van der Waals surface area contributed by atoms with Crippen molar-refractivity contribution >= 4 is 33.4 Å². The van der Waals surface area contributed by atoms with Crippen LogP contribution in [0.4, 0.5) is 5.69 Å². The highest BCUT2D eigenvalue weighted by atomic mass is 35.5. The second-order valence-corrected chi connectivity index (χ2v) is 14.8. The number of amides is 1. The van der Waals surface area contributed by atoms with E-state index in [0.717, 1.165) is 47.1 Å². The minimum atomic E-state index is -4.27. The molecular formula is C33H37ClN4O6S. The maximum atomic E-state index is 13.5. The fourth-order valence-corrected chi connectivity index (χ4v) is 8.72. The molecule has 2 aliphatic carbocycles. The molecule has 4 atom stereocenters. The largest absolute Gasteiger partial charge is 0.490 e. The van der Waals surface area contributed by atoms with E-state index in [4.69, 9.17) is 20.8 Å². The van der Waals surface area contributed by atoms with Crippen molar-refractivity contribution in [2.24, 2.45) is 11.8 Å². The van der Waals surface area contributed by atoms with E-state index in [0.29, 0.717) is 31.9 Å². The highest BCUT2D eigenvalue weighted by Crippen LogP contribution is 2.46. The van der Waals surface area contributed by atoms with Gasteiger partial charge in [-0.2, -0.15) is 12.7 Å². The first-order valence-corrected chi connectivity index (χ1v) is 17.4. The van der Waals surface area contributed by atoms with E-state index in [2.05, 4.69) is 26.7 Å². The molecule has 0 radical (unpaired) electrons. The Balaban J connectivity index is 1.27. The molecule has 2 aliphatic heterocycles. The van der Waals surface area contributed by atoms with E-state index in [-0.39, 0.29) is 41.8 Å². The van der Waals surface area contributed by atoms with Gasteiger partial charge in [-0.1, -0.05) is 29.8 Å². The first-order chi connectivity index (χ1) is 21.7. The van der Waals surface area contributed by atoms with E-state index in [1.807, 2.05) is 12.1 Å². The number of carbonyl (C=O) groups is 1. The van der Waals surface area contributed by atoms with Gasteiger partial charge in [0.15, 0.2) is 0 Å². The van der Waals surface area contributed by atoms with Crippen LogP contribution in [0.3, 0.4) is 0 Å². The van der Waals surface area contributed by atoms with Gasteiger partial charge in [0.25, 0.3) is 5.91 Å². The van der Waals surface area contributed by atoms with Crippen molar-refractivity contribution in [1.82, 2.24) is 14.0 Å². The van der Waals surface area contributed by atoms with Crippen molar-refractivity contribution in [1.29, 1.82) is 0 Å². The number of aliphatic hydroxyl groups excluding tert-OH is 1. The minimum Gasteiger partial charge on any atom is -0.490 e. The van der Waals surface area contributed by atoms with Crippen LogP contribution in [0.5, 0.6) is 5.75 Å². The van der Waals surface area contributed by atoms with Crippen LogP contribution < -0.4 is 14.4 Å². The smallest absolute Gasteiger partial charge is 0.304 e. The maximum absolute atomic E-state index is 13.5. The topological polar surface area (TPSA) is 125 Å². The summed E-state index contributed by atoms with van der Waals surface area (Å²) in [6, 6.07) is 11.2. The van der Waals surface area contributed by atoms with Crippen molar-refractivity contribution in [3.05, 3.63) is 88.6 Å². The maximum Gasteiger partial charge on any atom is 0.304 e. The molecular weight excluding hydrogens is 616 g/mol. The average molecular weight is 653 g/mol. The number of oxazole rings is 1. The minimum absolute atomic E-state index is 0.0723. The van der Waals surface area contributed by atoms with Crippen LogP contribution in [0.15, 0.2) is 65.4 Å². The number of benzene rings is 2. The number of aromatic nitrogens is 1. The molecule has 3 heterocycles. The SMILES string of the molecule is O=C1NS(=O)(=O)N(Cc2ncco2)CC/C=C\[C@H](O)[C@@H]2CC[C@H]2CN2C[C@@]3(CCCc4cc(Cl)ccc43)COc3ccc1cc32. The molecule has 2 N–H and O–H groups in total. The predicted molar refractivity (Wildman–Crippen MR) is 169 cm³/mol. The Bertz CT molecular complexity index is 1710. The van der Waals surface area contributed by atoms with Crippen LogP contribution in [0.2, 0.25) is 5.02 Å². The third-order valence-corrected chi connectivity index (χ3v) is 11.6. The number of carbonyl (C=O) groups excluding carboxylic acids is 1. The molecule has 238 valence electrons. The summed E-state index contributed by atoms with van der Waals surface area (Å²) in [6.07, 6.45) is 10.9. The average Bonchev–Trinajstić information content (AvgIpc) is 3.46. The van der Waals surface area contributed by atoms with E-state index in [1.165, 1.54) is 23.6 Å². The first-order valence-electron chi connectivity index (χ1n) is 15.6. The predicted octanol–water partition coefficient (Wildman–Crippen LogP) is 4.62. The Kier molecular flexibility index (Phi) is 8.14. The molecule has 1 saturated carbocycles. The number of hydrogen-bond acceptors (Lipinski definition) is 8. The Morgan fingerprint density at radius 2 is 2.07 bits per heavy atom. The Labute approximate surface area is 268 Å². The summed E-state index contributed by atoms with van der Waals surface area (Å²) in [5, 5.41) is 11.9. The quantitative estimate of drug-likeness (QED) is 0.384. The zero-order chi connectivity index (χ0) is 31.2. The summed E-state index contributed by atoms with van der Waals surface area (Å²) in [6.45, 7) is 1.75. The van der Waals surface area contributed by atoms with E-state index < -0.39 is 22.2 Å². The lowest BCUT2D eigenvalue weighted by Crippen LogP contribution is -2.49. The number of nitrogens with one attached hydrogen (secondary N) is 1. The first kappa shape index (κ1) is 30.3. The molecule has 4 aliphatic rings. The number of ether oxygens (including phenoxy) is 1. The summed E-state index contributed by atoms with van der Waals surface area (Å²) in [4.78, 5) is 19.9. The van der Waals surface area contributed by atoms with Gasteiger partial charge in [0, 0.05) is 35.6 Å². The number of rotatable bonds is 2. The monoisotopic (exact) mass is 652 g/mol. The van der Waals surface area contributed by atoms with Gasteiger partial charge in [-0.05, 0) is 91.8 Å². The third kappa shape index (κ3) is 5.98. The molecule has 1 amide bonds. The zero-order valence-electron chi connectivity index (χ0n) is 24.9. The highest BCUT2D eigenvalue weighted by molar-refractivity contribution is 7.87. The Hall–Kier alpha value is -3.38. The van der Waals surface area contributed by atoms with Crippen LogP contribution >= 0.6 is 11.6 Å². The molecule has 1 fully saturated rings. The van der Waals surface area contributed by atoms with Gasteiger partial charge in [-0.25, -0.2) is 9.71 Å². The van der Waals surface area contributed by atoms with Gasteiger partial charge < -0.3 is 19.2 Å². The molecule has 45 heavy (non-hydrogen) atoms. The summed E-state index contributed by atoms with van der Waals surface area (Å²) in [5.41, 5.74) is 3.14. The van der Waals surface area contributed by atoms with Crippen LogP contribution in [0.1, 0.15) is 59.5 Å². The summed E-state index contributed by atoms with van der Waals surface area (Å²) < 4.78 is 42.2. The molecule has 0 unspecified atom stereocenters. The van der Waals surface area contributed by atoms with Crippen LogP contribution in [-0.4, -0.2) is 61.1 Å². The van der Waals surface area contributed by atoms with E-state index in [1.54, 1.807) is 24.3 Å². The molecule has 1 spiro atoms. The normalized spacial score (nSPS) is 29.0. The van der Waals surface area contributed by atoms with Gasteiger partial charge in [0.2, 0.25) is 5.89 Å². The summed E-state index contributed by atoms with van der Waals surface area (Å²) in [7, 11) is -4.27. The number of aryl methyl sites for hydroxylation is 1. The fraction of sp³-hybridized carbons (Fsp3) is 0.455. The van der Waals surface area contributed by atoms with E-state index >= 15 is 0 Å². The van der Waals surface area contributed by atoms with Crippen LogP contribution in [0, 0.1) is 11.8 Å². The fourth-order valence-electron chi connectivity index (χ4n) is 7.41. The molecule has 7 rings (SSSR count). The van der Waals surface area contributed by atoms with Crippen molar-refractivity contribution in [3.8, 4) is 5.75 Å². The highest BCUT2D eigenvalue weighted by Gasteiger charge is 2.44. The van der Waals surface area contributed by atoms with Gasteiger partial charge in [-0.3, -0.25) is 4.79 Å². The van der Waals surface area contributed by atoms with Crippen LogP contribution in [-0.2, 0) is 28.6 Å². The number of halogens is 1. The number of fused-ring (bicyclic) bond motifs is 4. The Morgan fingerprint density at radius 3 is 2.87 bits per heavy atom. The molecule has 0 saturated heterocycles. The molecule has 3 aromatic rings. The summed E-state index contributed by atoms with van der Waals surface area (Å²) >= 11 is 6.39. The summed E-state index contributed by atoms with van der Waals surface area (Å²) in [5.74, 6) is 0.450. The lowest BCUT2D eigenvalue weighted by Gasteiger charge is -2.45. The molecule has 2 bridgehead atoms. The second-order valence-electron chi connectivity index (χ2n) is 12.7. The van der Waals surface area contributed by atoms with Crippen molar-refractivity contribution in [2.75, 3.05) is 31.1 Å². The van der Waals surface area contributed by atoms with E-state index in [9.17, 15) is 18.3 Å². The number of nitrogens with zero attached hydrogens (tertiary/aromatic N) is 3. The van der Waals surface area contributed by atoms with Gasteiger partial charge >= 0.3 is 10.2 Å². The van der Waals surface area contributed by atoms with Crippen LogP contribution in [0.25, 0.3) is 0 Å². The van der Waals surface area contributed by atoms with Crippen molar-refractivity contribution < 1.29 is 27.5 Å². The van der Waals surface area contributed by atoms with Gasteiger partial charge in [0.05, 0.1) is 31.1 Å². The molecule has 10 nitrogen and oxygen atoms in total. The molecule has 2 aromatic carbocycles. The standard InChI is InChI=1S/C33H37ClN4O6S/c34-25-8-10-27-22(16-25)4-3-12-33(27)20-37-18-24-6-9-26(24)29(39)5-1-2-14-38(19-31-35-13-15-43-31)45(41,42)36-32(40)23-7-11-30(44-21-33)28(37)17-23/h1,5,7-8,10-11,13,15-17,24,26,29,39H,2-4,6,9,12,14,18-21H2,(H,36,40)/b5-1-/t24-,26+,29-,33-/m0/s1. The number of aliphatic hydroxyl groups is 1. The Morgan fingerprint density at radius 1 is 1.18 bits per heavy atom. The van der Waals surface area contributed by atoms with Crippen molar-refractivity contribution in [3.63, 3.8) is 0 Å². The van der Waals surface area contributed by atoms with Gasteiger partial charge in [0.1, 0.15) is 12.0 Å². The second kappa shape index (κ2) is 12.1. The zero-order valence-corrected chi connectivity index (χ0v) is 26.5. The lowest BCUT2D eigenvalue weighted by atomic mass is 9.68. The van der Waals surface area contributed by atoms with Crippen molar-refractivity contribution in [2.45, 2.75) is 56.6 Å². The van der Waals surface area contributed by atoms with Gasteiger partial charge in [-0.15, -0.1) is 0 Å². The molecule has 1 aromatic heterocycles. The number of anilines is 1. The molecule has 12 heteroatoms. The third-order valence-electron chi connectivity index (χ3n) is 9.90. The number of hydrogen-bond donors (Lipinski definition) is 2. The lowest BCUT2D eigenvalue weighted by molar-refractivity contribution is 0.0456.